The van der Waals surface area contributed by atoms with Crippen molar-refractivity contribution in [3.63, 3.8) is 0 Å². The molecule has 0 saturated carbocycles. The van der Waals surface area contributed by atoms with Crippen LogP contribution in [0, 0.1) is 13.8 Å². The second-order valence-corrected chi connectivity index (χ2v) is 19.0. The Kier molecular flexibility index (Phi) is 17.8. The molecule has 23 heteroatoms. The number of halogens is 2. The molecule has 18 nitrogen and oxygen atoms in total. The average Bonchev–Trinajstić information content (AvgIpc) is 3.34. The Morgan fingerprint density at radius 3 is 1.63 bits per heavy atom. The Morgan fingerprint density at radius 2 is 1.10 bits per heavy atom. The summed E-state index contributed by atoms with van der Waals surface area (Å²) < 4.78 is 75.9. The Hall–Kier alpha value is -6.72. The summed E-state index contributed by atoms with van der Waals surface area (Å²) in [4.78, 5) is 16.0. The number of phenols is 1. The Morgan fingerprint density at radius 1 is 0.616 bits per heavy atom. The van der Waals surface area contributed by atoms with E-state index in [0.717, 1.165) is 0 Å². The molecule has 0 heterocycles. The quantitative estimate of drug-likeness (QED) is 0.0292. The number of carbonyl (C=O) groups excluding carboxylic acids is 1. The predicted molar refractivity (Wildman–Crippen MR) is 275 cm³/mol. The van der Waals surface area contributed by atoms with Crippen molar-refractivity contribution < 1.29 is 55.5 Å². The number of phenolic OH excluding ortho intramolecular Hbond substituents is 1. The van der Waals surface area contributed by atoms with Gasteiger partial charge in [0.05, 0.1) is 41.2 Å². The minimum absolute atomic E-state index is 0. The van der Waals surface area contributed by atoms with Gasteiger partial charge in [0.2, 0.25) is 0 Å². The first-order chi connectivity index (χ1) is 34.2. The monoisotopic (exact) mass is 1090 g/mol. The van der Waals surface area contributed by atoms with E-state index in [9.17, 15) is 46.1 Å². The molecular formula is C50H38CaCl2N6O12S2. The van der Waals surface area contributed by atoms with E-state index in [1.54, 1.807) is 111 Å². The van der Waals surface area contributed by atoms with Gasteiger partial charge in [0.1, 0.15) is 38.4 Å². The Bertz CT molecular complexity index is 3790. The van der Waals surface area contributed by atoms with Gasteiger partial charge in [-0.15, -0.1) is 15.3 Å². The van der Waals surface area contributed by atoms with Gasteiger partial charge in [-0.2, -0.15) is 21.9 Å². The van der Waals surface area contributed by atoms with Crippen molar-refractivity contribution in [2.75, 3.05) is 19.5 Å². The van der Waals surface area contributed by atoms with Crippen LogP contribution in [-0.2, 0) is 20.2 Å². The number of fused-ring (bicyclic) bond motifs is 2. The van der Waals surface area contributed by atoms with Crippen molar-refractivity contribution in [1.82, 2.24) is 0 Å². The number of ether oxygens (including phenoxy) is 2. The van der Waals surface area contributed by atoms with Crippen LogP contribution in [0.15, 0.2) is 169 Å². The first kappa shape index (κ1) is 55.6. The normalized spacial score (nSPS) is 11.9. The number of hydrogen-bond donors (Lipinski definition) is 4. The number of methoxy groups -OCH3 is 2. The van der Waals surface area contributed by atoms with Crippen LogP contribution in [0.5, 0.6) is 23.0 Å². The van der Waals surface area contributed by atoms with E-state index in [-0.39, 0.29) is 81.7 Å². The number of benzene rings is 8. The van der Waals surface area contributed by atoms with E-state index in [1.165, 1.54) is 50.6 Å². The number of amides is 1. The van der Waals surface area contributed by atoms with E-state index < -0.39 is 53.3 Å². The van der Waals surface area contributed by atoms with Gasteiger partial charge in [0.15, 0.2) is 5.75 Å². The summed E-state index contributed by atoms with van der Waals surface area (Å²) in [6.45, 7) is 3.18. The van der Waals surface area contributed by atoms with Crippen LogP contribution < -0.4 is 25.0 Å². The molecule has 1 amide bonds. The van der Waals surface area contributed by atoms with E-state index in [2.05, 4.69) is 30.8 Å². The van der Waals surface area contributed by atoms with Crippen LogP contribution in [0.25, 0.3) is 21.5 Å². The van der Waals surface area contributed by atoms with E-state index in [1.807, 2.05) is 0 Å². The summed E-state index contributed by atoms with van der Waals surface area (Å²) in [6.07, 6.45) is 0. The van der Waals surface area contributed by atoms with Crippen LogP contribution in [0.4, 0.5) is 34.1 Å². The number of carbonyl (C=O) groups is 1. The second kappa shape index (κ2) is 23.4. The summed E-state index contributed by atoms with van der Waals surface area (Å²) in [5, 5.41) is 57.6. The molecular weight excluding hydrogens is 1050 g/mol. The summed E-state index contributed by atoms with van der Waals surface area (Å²) in [6, 6.07) is 35.2. The maximum atomic E-state index is 13.3. The summed E-state index contributed by atoms with van der Waals surface area (Å²) in [5.41, 5.74) is 1.09. The molecule has 0 radical (unpaired) electrons. The molecule has 0 aliphatic carbocycles. The molecule has 0 bridgehead atoms. The fourth-order valence-corrected chi connectivity index (χ4v) is 9.29. The molecule has 0 aromatic heterocycles. The summed E-state index contributed by atoms with van der Waals surface area (Å²) >= 11 is 12.3. The molecule has 0 unspecified atom stereocenters. The molecule has 8 rings (SSSR count). The van der Waals surface area contributed by atoms with Crippen LogP contribution >= 0.6 is 23.2 Å². The second-order valence-electron chi connectivity index (χ2n) is 15.5. The van der Waals surface area contributed by atoms with Gasteiger partial charge in [-0.3, -0.25) is 18.9 Å². The molecule has 4 N–H and O–H groups in total. The largest absolute Gasteiger partial charge is 2.00 e. The fourth-order valence-electron chi connectivity index (χ4n) is 7.08. The average molecular weight is 1090 g/mol. The van der Waals surface area contributed by atoms with Crippen molar-refractivity contribution in [2.45, 2.75) is 23.6 Å². The van der Waals surface area contributed by atoms with E-state index in [4.69, 9.17) is 32.7 Å². The first-order valence-corrected chi connectivity index (χ1v) is 24.5. The number of aliphatic imine (C=N–C) groups is 1. The third-order valence-electron chi connectivity index (χ3n) is 10.5. The van der Waals surface area contributed by atoms with Gasteiger partial charge in [-0.05, 0) is 108 Å². The van der Waals surface area contributed by atoms with Crippen LogP contribution in [0.3, 0.4) is 0 Å². The minimum atomic E-state index is -4.62. The molecule has 368 valence electrons. The first-order valence-electron chi connectivity index (χ1n) is 20.9. The number of aromatic hydroxyl groups is 1. The van der Waals surface area contributed by atoms with E-state index >= 15 is 0 Å². The van der Waals surface area contributed by atoms with Crippen LogP contribution in [0.1, 0.15) is 27.0 Å². The molecule has 0 atom stereocenters. The molecule has 0 aliphatic rings. The zero-order valence-electron chi connectivity index (χ0n) is 38.7. The summed E-state index contributed by atoms with van der Waals surface area (Å²) in [7, 11) is -6.23. The predicted octanol–water partition coefficient (Wildman–Crippen LogP) is 11.0. The van der Waals surface area contributed by atoms with Crippen molar-refractivity contribution >= 4 is 149 Å². The minimum Gasteiger partial charge on any atom is -0.871 e. The van der Waals surface area contributed by atoms with Gasteiger partial charge in [-0.25, -0.2) is 0 Å². The smallest absolute Gasteiger partial charge is 0.871 e. The van der Waals surface area contributed by atoms with Crippen molar-refractivity contribution in [1.29, 1.82) is 0 Å². The molecule has 0 aliphatic heterocycles. The number of anilines is 1. The fraction of sp³-hybridized carbons (Fsp3) is 0.0800. The molecule has 73 heavy (non-hydrogen) atoms. The third-order valence-corrected chi connectivity index (χ3v) is 13.2. The van der Waals surface area contributed by atoms with Crippen molar-refractivity contribution in [3.8, 4) is 23.0 Å². The Labute approximate surface area is 457 Å². The standard InChI is InChI=1S/2C25H20ClN3O6S.Ca/c2*1-14-10-20(22(26)21(11-14)36(32,33)34)28-29-23-18-9-4-3-6-15(18)12-19(24(23)30)25(31)27-16-7-5-8-17(13-16)35-2;/h2*3-13,30H,1-2H3,(H,27,31)(H,32,33,34);/q;;+2/p-2. The zero-order valence-corrected chi connectivity index (χ0v) is 44.1. The van der Waals surface area contributed by atoms with Gasteiger partial charge in [0.25, 0.3) is 26.1 Å². The van der Waals surface area contributed by atoms with Gasteiger partial charge < -0.3 is 30.1 Å². The topological polar surface area (TPSA) is 284 Å². The number of nitrogens with zero attached hydrogens (tertiary/aromatic N) is 5. The van der Waals surface area contributed by atoms with Crippen molar-refractivity contribution in [3.05, 3.63) is 166 Å². The number of nitrogens with one attached hydrogen (secondary N) is 1. The molecule has 0 spiro atoms. The van der Waals surface area contributed by atoms with E-state index in [0.29, 0.717) is 55.5 Å². The van der Waals surface area contributed by atoms with Gasteiger partial charge in [-0.1, -0.05) is 89.6 Å². The molecule has 8 aromatic rings. The molecule has 8 aromatic carbocycles. The third kappa shape index (κ3) is 13.1. The zero-order chi connectivity index (χ0) is 52.1. The number of hydrogen-bond acceptors (Lipinski definition) is 15. The Balaban J connectivity index is 0.000000235. The number of rotatable bonds is 12. The summed E-state index contributed by atoms with van der Waals surface area (Å²) in [5.74, 6) is -1.48. The molecule has 0 fully saturated rings. The van der Waals surface area contributed by atoms with Crippen LogP contribution in [-0.4, -0.2) is 94.8 Å². The SMILES string of the molecule is COc1cccc(N=C([O-])c2cc3ccccc3c(N=Nc3cc(C)cc(S(=O)(=O)O)c3Cl)c2[O-])c1.COc1cccc(NC(=O)c2cc3ccccc3c(N=Nc3cc(C)cc(S(=O)(=O)O)c3Cl)c2O)c1.[Ca+2]. The maximum absolute atomic E-state index is 13.3. The van der Waals surface area contributed by atoms with Crippen molar-refractivity contribution in [2.24, 2.45) is 25.4 Å². The maximum Gasteiger partial charge on any atom is 2.00 e. The molecule has 0 saturated heterocycles. The van der Waals surface area contributed by atoms with Crippen LogP contribution in [0.2, 0.25) is 10.0 Å². The number of aryl methyl sites for hydroxylation is 2. The van der Waals surface area contributed by atoms with Gasteiger partial charge in [0, 0.05) is 28.6 Å². The number of azo groups is 2. The van der Waals surface area contributed by atoms with Gasteiger partial charge >= 0.3 is 37.7 Å².